The summed E-state index contributed by atoms with van der Waals surface area (Å²) in [4.78, 5) is 0.951. The van der Waals surface area contributed by atoms with Crippen LogP contribution in [-0.2, 0) is 16.6 Å². The lowest BCUT2D eigenvalue weighted by atomic mass is 10.3. The number of rotatable bonds is 3. The van der Waals surface area contributed by atoms with Crippen molar-refractivity contribution >= 4 is 33.1 Å². The molecular weight excluding hydrogens is 288 g/mol. The number of aryl methyl sites for hydroxylation is 1. The number of hydrogen-bond donors (Lipinski definition) is 1. The molecule has 1 atom stereocenters. The molecule has 0 amide bonds. The predicted molar refractivity (Wildman–Crippen MR) is 77.6 cm³/mol. The van der Waals surface area contributed by atoms with E-state index in [1.807, 2.05) is 25.6 Å². The molecule has 1 unspecified atom stereocenters. The van der Waals surface area contributed by atoms with Gasteiger partial charge in [0.1, 0.15) is 4.21 Å². The number of nitrogens with two attached hydrogens (primary N) is 1. The van der Waals surface area contributed by atoms with E-state index < -0.39 is 10.0 Å². The lowest BCUT2D eigenvalue weighted by molar-refractivity contribution is 0.368. The minimum atomic E-state index is -3.34. The molecule has 102 valence electrons. The molecule has 1 aliphatic heterocycles. The van der Waals surface area contributed by atoms with Crippen molar-refractivity contribution in [3.8, 4) is 0 Å². The molecule has 4 nitrogen and oxygen atoms in total. The van der Waals surface area contributed by atoms with Crippen LogP contribution in [0, 0.1) is 6.92 Å². The van der Waals surface area contributed by atoms with Gasteiger partial charge < -0.3 is 5.73 Å². The Bertz CT molecular complexity index is 524. The van der Waals surface area contributed by atoms with Crippen LogP contribution in [0.15, 0.2) is 10.3 Å². The van der Waals surface area contributed by atoms with Crippen LogP contribution in [0.4, 0.5) is 0 Å². The van der Waals surface area contributed by atoms with E-state index in [0.29, 0.717) is 17.3 Å². The summed E-state index contributed by atoms with van der Waals surface area (Å²) in [5.41, 5.74) is 6.58. The zero-order valence-corrected chi connectivity index (χ0v) is 13.0. The molecule has 0 saturated carbocycles. The maximum absolute atomic E-state index is 12.6. The largest absolute Gasteiger partial charge is 0.326 e. The lowest BCUT2D eigenvalue weighted by Gasteiger charge is -2.31. The number of sulfonamides is 1. The first-order valence-corrected chi connectivity index (χ1v) is 9.27. The molecule has 2 N–H and O–H groups in total. The van der Waals surface area contributed by atoms with Gasteiger partial charge in [-0.05, 0) is 25.5 Å². The fraction of sp³-hybridized carbons (Fsp3) is 0.636. The van der Waals surface area contributed by atoms with Crippen molar-refractivity contribution < 1.29 is 8.42 Å². The average Bonchev–Trinajstić information content (AvgIpc) is 2.71. The Hall–Kier alpha value is -0.0800. The molecule has 0 radical (unpaired) electrons. The summed E-state index contributed by atoms with van der Waals surface area (Å²) in [6.45, 7) is 4.88. The van der Waals surface area contributed by atoms with Gasteiger partial charge in [0.25, 0.3) is 10.0 Å². The molecule has 0 aromatic carbocycles. The third kappa shape index (κ3) is 2.60. The summed E-state index contributed by atoms with van der Waals surface area (Å²) in [5.74, 6) is 1.74. The fourth-order valence-corrected chi connectivity index (χ4v) is 6.46. The molecule has 7 heteroatoms. The standard InChI is InChI=1S/C11H18N2O2S3/c1-8-5-11(17-10(8)6-12)18(14,15)13-3-4-16-7-9(13)2/h5,9H,3-4,6-7,12H2,1-2H3. The van der Waals surface area contributed by atoms with Crippen LogP contribution in [0.2, 0.25) is 0 Å². The zero-order chi connectivity index (χ0) is 13.3. The topological polar surface area (TPSA) is 63.4 Å². The Balaban J connectivity index is 2.34. The molecule has 1 aromatic rings. The third-order valence-electron chi connectivity index (χ3n) is 3.05. The molecular formula is C11H18N2O2S3. The van der Waals surface area contributed by atoms with Gasteiger partial charge in [-0.2, -0.15) is 16.1 Å². The molecule has 0 aliphatic carbocycles. The van der Waals surface area contributed by atoms with Crippen molar-refractivity contribution in [2.45, 2.75) is 30.6 Å². The summed E-state index contributed by atoms with van der Waals surface area (Å²) in [6, 6.07) is 1.81. The van der Waals surface area contributed by atoms with E-state index in [9.17, 15) is 8.42 Å². The fourth-order valence-electron chi connectivity index (χ4n) is 2.00. The van der Waals surface area contributed by atoms with Crippen LogP contribution < -0.4 is 5.73 Å². The van der Waals surface area contributed by atoms with Gasteiger partial charge in [0.05, 0.1) is 0 Å². The minimum absolute atomic E-state index is 0.0671. The summed E-state index contributed by atoms with van der Waals surface area (Å²) in [5, 5.41) is 0. The Morgan fingerprint density at radius 1 is 1.56 bits per heavy atom. The Labute approximate surface area is 117 Å². The van der Waals surface area contributed by atoms with Gasteiger partial charge in [-0.3, -0.25) is 0 Å². The molecule has 2 rings (SSSR count). The maximum Gasteiger partial charge on any atom is 0.252 e. The monoisotopic (exact) mass is 306 g/mol. The molecule has 1 aliphatic rings. The van der Waals surface area contributed by atoms with E-state index in [1.54, 1.807) is 10.4 Å². The molecule has 1 aromatic heterocycles. The van der Waals surface area contributed by atoms with Crippen LogP contribution in [0.25, 0.3) is 0 Å². The lowest BCUT2D eigenvalue weighted by Crippen LogP contribution is -2.44. The second-order valence-corrected chi connectivity index (χ2v) is 8.82. The van der Waals surface area contributed by atoms with Crippen LogP contribution in [-0.4, -0.2) is 36.8 Å². The van der Waals surface area contributed by atoms with Crippen LogP contribution >= 0.6 is 23.1 Å². The summed E-state index contributed by atoms with van der Waals surface area (Å²) in [6.07, 6.45) is 0. The van der Waals surface area contributed by atoms with E-state index >= 15 is 0 Å². The highest BCUT2D eigenvalue weighted by Crippen LogP contribution is 2.31. The third-order valence-corrected chi connectivity index (χ3v) is 7.96. The van der Waals surface area contributed by atoms with Gasteiger partial charge in [0.15, 0.2) is 0 Å². The van der Waals surface area contributed by atoms with E-state index in [0.717, 1.165) is 21.9 Å². The maximum atomic E-state index is 12.6. The highest BCUT2D eigenvalue weighted by molar-refractivity contribution is 7.99. The minimum Gasteiger partial charge on any atom is -0.326 e. The van der Waals surface area contributed by atoms with Crippen molar-refractivity contribution in [1.29, 1.82) is 0 Å². The van der Waals surface area contributed by atoms with Gasteiger partial charge in [-0.15, -0.1) is 11.3 Å². The van der Waals surface area contributed by atoms with Gasteiger partial charge in [-0.25, -0.2) is 8.42 Å². The van der Waals surface area contributed by atoms with Crippen LogP contribution in [0.5, 0.6) is 0 Å². The highest BCUT2D eigenvalue weighted by Gasteiger charge is 2.32. The summed E-state index contributed by atoms with van der Waals surface area (Å²) < 4.78 is 27.2. The first-order chi connectivity index (χ1) is 8.46. The summed E-state index contributed by atoms with van der Waals surface area (Å²) >= 11 is 3.11. The average molecular weight is 306 g/mol. The zero-order valence-electron chi connectivity index (χ0n) is 10.5. The van der Waals surface area contributed by atoms with Gasteiger partial charge in [0.2, 0.25) is 0 Å². The summed E-state index contributed by atoms with van der Waals surface area (Å²) in [7, 11) is -3.34. The second-order valence-electron chi connectivity index (χ2n) is 4.42. The van der Waals surface area contributed by atoms with E-state index in [4.69, 9.17) is 5.73 Å². The molecule has 1 saturated heterocycles. The number of thioether (sulfide) groups is 1. The molecule has 2 heterocycles. The van der Waals surface area contributed by atoms with Crippen LogP contribution in [0.3, 0.4) is 0 Å². The molecule has 0 spiro atoms. The SMILES string of the molecule is Cc1cc(S(=O)(=O)N2CCSCC2C)sc1CN. The smallest absolute Gasteiger partial charge is 0.252 e. The number of thiophene rings is 1. The van der Waals surface area contributed by atoms with Crippen LogP contribution in [0.1, 0.15) is 17.4 Å². The molecule has 0 bridgehead atoms. The highest BCUT2D eigenvalue weighted by atomic mass is 32.2. The van der Waals surface area contributed by atoms with E-state index in [-0.39, 0.29) is 6.04 Å². The quantitative estimate of drug-likeness (QED) is 0.922. The van der Waals surface area contributed by atoms with Crippen molar-refractivity contribution in [2.75, 3.05) is 18.1 Å². The van der Waals surface area contributed by atoms with E-state index in [2.05, 4.69) is 0 Å². The van der Waals surface area contributed by atoms with Gasteiger partial charge >= 0.3 is 0 Å². The van der Waals surface area contributed by atoms with Crippen molar-refractivity contribution in [3.05, 3.63) is 16.5 Å². The van der Waals surface area contributed by atoms with Gasteiger partial charge in [0, 0.05) is 35.5 Å². The second kappa shape index (κ2) is 5.50. The Kier molecular flexibility index (Phi) is 4.38. The predicted octanol–water partition coefficient (Wildman–Crippen LogP) is 1.64. The Morgan fingerprint density at radius 2 is 2.28 bits per heavy atom. The van der Waals surface area contributed by atoms with Gasteiger partial charge in [-0.1, -0.05) is 0 Å². The molecule has 1 fully saturated rings. The first-order valence-electron chi connectivity index (χ1n) is 5.85. The van der Waals surface area contributed by atoms with E-state index in [1.165, 1.54) is 11.3 Å². The van der Waals surface area contributed by atoms with Crippen molar-refractivity contribution in [3.63, 3.8) is 0 Å². The molecule has 18 heavy (non-hydrogen) atoms. The van der Waals surface area contributed by atoms with Crippen molar-refractivity contribution in [2.24, 2.45) is 5.73 Å². The number of nitrogens with zero attached hydrogens (tertiary/aromatic N) is 1. The number of hydrogen-bond acceptors (Lipinski definition) is 5. The normalized spacial score (nSPS) is 22.3. The Morgan fingerprint density at radius 3 is 2.83 bits per heavy atom. The first kappa shape index (κ1) is 14.3. The van der Waals surface area contributed by atoms with Crippen molar-refractivity contribution in [1.82, 2.24) is 4.31 Å².